The van der Waals surface area contributed by atoms with Crippen molar-refractivity contribution in [3.63, 3.8) is 0 Å². The van der Waals surface area contributed by atoms with Crippen molar-refractivity contribution in [1.82, 2.24) is 5.32 Å². The van der Waals surface area contributed by atoms with Gasteiger partial charge in [-0.05, 0) is 61.4 Å². The first-order valence-corrected chi connectivity index (χ1v) is 8.31. The van der Waals surface area contributed by atoms with Crippen molar-refractivity contribution in [2.75, 3.05) is 7.05 Å². The highest BCUT2D eigenvalue weighted by Gasteiger charge is 2.37. The van der Waals surface area contributed by atoms with Crippen molar-refractivity contribution in [3.05, 3.63) is 33.8 Å². The van der Waals surface area contributed by atoms with Gasteiger partial charge in [-0.2, -0.15) is 0 Å². The number of benzene rings is 1. The fourth-order valence-corrected chi connectivity index (χ4v) is 4.04. The monoisotopic (exact) mass is 313 g/mol. The summed E-state index contributed by atoms with van der Waals surface area (Å²) in [5.41, 5.74) is 1.55. The lowest BCUT2D eigenvalue weighted by Crippen LogP contribution is -2.44. The van der Waals surface area contributed by atoms with Crippen molar-refractivity contribution in [3.8, 4) is 0 Å². The Hall–Kier alpha value is -0.240. The molecule has 0 aromatic heterocycles. The minimum absolute atomic E-state index is 0.400. The van der Waals surface area contributed by atoms with Crippen LogP contribution in [0.1, 0.15) is 45.1 Å². The molecular weight excluding hydrogens is 289 g/mol. The minimum atomic E-state index is 0.400. The number of nitrogens with one attached hydrogen (secondary N) is 1. The summed E-state index contributed by atoms with van der Waals surface area (Å²) in [6.07, 6.45) is 6.27. The molecule has 20 heavy (non-hydrogen) atoms. The van der Waals surface area contributed by atoms with Crippen molar-refractivity contribution < 1.29 is 0 Å². The van der Waals surface area contributed by atoms with Crippen molar-refractivity contribution in [2.24, 2.45) is 11.3 Å². The molecule has 2 unspecified atom stereocenters. The zero-order valence-electron chi connectivity index (χ0n) is 12.7. The van der Waals surface area contributed by atoms with Crippen LogP contribution >= 0.6 is 23.2 Å². The van der Waals surface area contributed by atoms with Crippen molar-refractivity contribution in [1.29, 1.82) is 0 Å². The second-order valence-corrected chi connectivity index (χ2v) is 7.52. The van der Waals surface area contributed by atoms with E-state index in [9.17, 15) is 0 Å². The SMILES string of the molecule is CNC(Cc1cc(Cl)ccc1Cl)C1CCCCC1(C)C. The standard InChI is InChI=1S/C17H25Cl2N/c1-17(2)9-5-4-6-14(17)16(20-3)11-12-10-13(18)7-8-15(12)19/h7-8,10,14,16,20H,4-6,9,11H2,1-3H3. The molecule has 0 heterocycles. The van der Waals surface area contributed by atoms with Gasteiger partial charge in [-0.1, -0.05) is 49.9 Å². The van der Waals surface area contributed by atoms with Gasteiger partial charge in [0.05, 0.1) is 0 Å². The second kappa shape index (κ2) is 6.68. The summed E-state index contributed by atoms with van der Waals surface area (Å²) in [5, 5.41) is 5.11. The molecule has 2 rings (SSSR count). The Morgan fingerprint density at radius 3 is 2.70 bits per heavy atom. The van der Waals surface area contributed by atoms with E-state index in [0.29, 0.717) is 17.4 Å². The molecule has 0 spiro atoms. The van der Waals surface area contributed by atoms with Crippen molar-refractivity contribution >= 4 is 23.2 Å². The van der Waals surface area contributed by atoms with E-state index in [1.54, 1.807) is 0 Å². The third-order valence-electron chi connectivity index (χ3n) is 4.89. The van der Waals surface area contributed by atoms with Gasteiger partial charge in [-0.15, -0.1) is 0 Å². The largest absolute Gasteiger partial charge is 0.316 e. The van der Waals surface area contributed by atoms with Crippen LogP contribution in [0, 0.1) is 11.3 Å². The van der Waals surface area contributed by atoms with Crippen LogP contribution in [0.5, 0.6) is 0 Å². The fraction of sp³-hybridized carbons (Fsp3) is 0.647. The summed E-state index contributed by atoms with van der Waals surface area (Å²) in [6.45, 7) is 4.81. The van der Waals surface area contributed by atoms with Gasteiger partial charge in [0.25, 0.3) is 0 Å². The van der Waals surface area contributed by atoms with Gasteiger partial charge in [0, 0.05) is 16.1 Å². The van der Waals surface area contributed by atoms with Gasteiger partial charge in [0.15, 0.2) is 0 Å². The zero-order valence-corrected chi connectivity index (χ0v) is 14.2. The molecule has 1 aromatic carbocycles. The first-order chi connectivity index (χ1) is 9.44. The van der Waals surface area contributed by atoms with E-state index in [0.717, 1.165) is 22.0 Å². The van der Waals surface area contributed by atoms with E-state index < -0.39 is 0 Å². The predicted octanol–water partition coefficient (Wildman–Crippen LogP) is 5.34. The molecule has 0 bridgehead atoms. The number of rotatable bonds is 4. The highest BCUT2D eigenvalue weighted by Crippen LogP contribution is 2.43. The summed E-state index contributed by atoms with van der Waals surface area (Å²) >= 11 is 12.4. The van der Waals surface area contributed by atoms with E-state index in [-0.39, 0.29) is 0 Å². The Bertz CT molecular complexity index is 456. The Kier molecular flexibility index (Phi) is 5.39. The van der Waals surface area contributed by atoms with E-state index in [1.807, 2.05) is 18.2 Å². The van der Waals surface area contributed by atoms with Gasteiger partial charge in [-0.3, -0.25) is 0 Å². The molecule has 1 saturated carbocycles. The first-order valence-electron chi connectivity index (χ1n) is 7.55. The van der Waals surface area contributed by atoms with Crippen LogP contribution in [0.3, 0.4) is 0 Å². The molecule has 0 radical (unpaired) electrons. The molecular formula is C17H25Cl2N. The predicted molar refractivity (Wildman–Crippen MR) is 88.8 cm³/mol. The Balaban J connectivity index is 2.18. The van der Waals surface area contributed by atoms with Gasteiger partial charge in [-0.25, -0.2) is 0 Å². The van der Waals surface area contributed by atoms with Crippen LogP contribution in [0.15, 0.2) is 18.2 Å². The normalized spacial score (nSPS) is 23.6. The number of likely N-dealkylation sites (N-methyl/N-ethyl adjacent to an activating group) is 1. The van der Waals surface area contributed by atoms with Crippen LogP contribution < -0.4 is 5.32 Å². The lowest BCUT2D eigenvalue weighted by molar-refractivity contribution is 0.101. The Morgan fingerprint density at radius 2 is 2.05 bits per heavy atom. The molecule has 1 aromatic rings. The molecule has 1 nitrogen and oxygen atoms in total. The third kappa shape index (κ3) is 3.69. The van der Waals surface area contributed by atoms with E-state index in [4.69, 9.17) is 23.2 Å². The average molecular weight is 314 g/mol. The topological polar surface area (TPSA) is 12.0 Å². The van der Waals surface area contributed by atoms with Crippen LogP contribution in [-0.4, -0.2) is 13.1 Å². The molecule has 0 saturated heterocycles. The second-order valence-electron chi connectivity index (χ2n) is 6.68. The van der Waals surface area contributed by atoms with E-state index in [2.05, 4.69) is 26.2 Å². The van der Waals surface area contributed by atoms with Gasteiger partial charge in [0.2, 0.25) is 0 Å². The summed E-state index contributed by atoms with van der Waals surface area (Å²) in [4.78, 5) is 0. The summed E-state index contributed by atoms with van der Waals surface area (Å²) in [5.74, 6) is 0.691. The maximum absolute atomic E-state index is 6.32. The fourth-order valence-electron chi connectivity index (χ4n) is 3.65. The quantitative estimate of drug-likeness (QED) is 0.791. The summed E-state index contributed by atoms with van der Waals surface area (Å²) < 4.78 is 0. The molecule has 1 N–H and O–H groups in total. The maximum atomic E-state index is 6.32. The zero-order chi connectivity index (χ0) is 14.8. The molecule has 1 aliphatic carbocycles. The van der Waals surface area contributed by atoms with Crippen LogP contribution in [-0.2, 0) is 6.42 Å². The third-order valence-corrected chi connectivity index (χ3v) is 5.50. The molecule has 1 fully saturated rings. The van der Waals surface area contributed by atoms with E-state index >= 15 is 0 Å². The molecule has 3 heteroatoms. The first kappa shape index (κ1) is 16.1. The molecule has 0 amide bonds. The van der Waals surface area contributed by atoms with Crippen molar-refractivity contribution in [2.45, 2.75) is 52.0 Å². The highest BCUT2D eigenvalue weighted by molar-refractivity contribution is 6.33. The molecule has 1 aliphatic rings. The molecule has 2 atom stereocenters. The van der Waals surface area contributed by atoms with Gasteiger partial charge >= 0.3 is 0 Å². The molecule has 0 aliphatic heterocycles. The van der Waals surface area contributed by atoms with Crippen LogP contribution in [0.4, 0.5) is 0 Å². The van der Waals surface area contributed by atoms with E-state index in [1.165, 1.54) is 25.7 Å². The Morgan fingerprint density at radius 1 is 1.30 bits per heavy atom. The summed E-state index contributed by atoms with van der Waals surface area (Å²) in [6, 6.07) is 6.22. The molecule has 112 valence electrons. The summed E-state index contributed by atoms with van der Waals surface area (Å²) in [7, 11) is 2.06. The average Bonchev–Trinajstić information content (AvgIpc) is 2.40. The highest BCUT2D eigenvalue weighted by atomic mass is 35.5. The number of hydrogen-bond acceptors (Lipinski definition) is 1. The number of hydrogen-bond donors (Lipinski definition) is 1. The minimum Gasteiger partial charge on any atom is -0.316 e. The van der Waals surface area contributed by atoms with Crippen LogP contribution in [0.25, 0.3) is 0 Å². The van der Waals surface area contributed by atoms with Crippen LogP contribution in [0.2, 0.25) is 10.0 Å². The lowest BCUT2D eigenvalue weighted by Gasteiger charge is -2.43. The maximum Gasteiger partial charge on any atom is 0.0439 e. The number of halogens is 2. The lowest BCUT2D eigenvalue weighted by atomic mass is 9.65. The smallest absolute Gasteiger partial charge is 0.0439 e. The Labute approximate surface area is 133 Å². The van der Waals surface area contributed by atoms with Gasteiger partial charge < -0.3 is 5.32 Å². The van der Waals surface area contributed by atoms with Gasteiger partial charge in [0.1, 0.15) is 0 Å².